The molecule has 0 aliphatic carbocycles. The number of anilines is 2. The summed E-state index contributed by atoms with van der Waals surface area (Å²) in [6.45, 7) is 3.84. The molecule has 1 saturated heterocycles. The summed E-state index contributed by atoms with van der Waals surface area (Å²) in [5, 5.41) is 7.35. The van der Waals surface area contributed by atoms with Crippen LogP contribution in [0.2, 0.25) is 0 Å². The van der Waals surface area contributed by atoms with Crippen molar-refractivity contribution in [3.63, 3.8) is 0 Å². The molecule has 3 aromatic rings. The van der Waals surface area contributed by atoms with Crippen molar-refractivity contribution in [3.05, 3.63) is 47.9 Å². The van der Waals surface area contributed by atoms with E-state index in [-0.39, 0.29) is 5.91 Å². The van der Waals surface area contributed by atoms with Crippen LogP contribution in [0.1, 0.15) is 16.2 Å². The third-order valence-electron chi connectivity index (χ3n) is 4.45. The van der Waals surface area contributed by atoms with E-state index in [1.807, 2.05) is 37.0 Å². The van der Waals surface area contributed by atoms with Crippen LogP contribution in [0.25, 0.3) is 5.52 Å². The van der Waals surface area contributed by atoms with Gasteiger partial charge in [0.25, 0.3) is 5.91 Å². The first kappa shape index (κ1) is 17.7. The number of benzene rings is 1. The molecule has 3 heterocycles. The molecule has 1 aliphatic rings. The maximum absolute atomic E-state index is 12.7. The number of hydrogen-bond acceptors (Lipinski definition) is 6. The molecule has 1 aromatic carbocycles. The van der Waals surface area contributed by atoms with Gasteiger partial charge in [0.1, 0.15) is 11.3 Å². The van der Waals surface area contributed by atoms with Crippen LogP contribution in [-0.2, 0) is 0 Å². The second-order valence-electron chi connectivity index (χ2n) is 6.32. The van der Waals surface area contributed by atoms with Crippen LogP contribution < -0.4 is 15.0 Å². The Labute approximate surface area is 161 Å². The highest BCUT2D eigenvalue weighted by Crippen LogP contribution is 2.26. The number of nitrogens with zero attached hydrogens (tertiary/aromatic N) is 4. The molecular weight excluding hydrogens is 362 g/mol. The van der Waals surface area contributed by atoms with Gasteiger partial charge in [-0.15, -0.1) is 0 Å². The fraction of sp³-hybridized carbons (Fsp3) is 0.316. The molecule has 0 unspecified atom stereocenters. The lowest BCUT2D eigenvalue weighted by atomic mass is 10.2. The monoisotopic (exact) mass is 383 g/mol. The molecule has 0 atom stereocenters. The van der Waals surface area contributed by atoms with E-state index in [2.05, 4.69) is 15.3 Å². The Morgan fingerprint density at radius 1 is 1.26 bits per heavy atom. The van der Waals surface area contributed by atoms with Gasteiger partial charge in [0.15, 0.2) is 11.5 Å². The van der Waals surface area contributed by atoms with Gasteiger partial charge in [0.2, 0.25) is 0 Å². The molecule has 1 amide bonds. The molecular formula is C19H21N5O2S. The summed E-state index contributed by atoms with van der Waals surface area (Å²) < 4.78 is 7.04. The summed E-state index contributed by atoms with van der Waals surface area (Å²) in [6.07, 6.45) is 1.84. The number of carbonyl (C=O) groups excluding carboxylic acids is 1. The fourth-order valence-corrected chi connectivity index (χ4v) is 4.05. The van der Waals surface area contributed by atoms with Gasteiger partial charge >= 0.3 is 0 Å². The van der Waals surface area contributed by atoms with E-state index in [1.54, 1.807) is 29.8 Å². The maximum atomic E-state index is 12.7. The number of para-hydroxylation sites is 2. The Balaban J connectivity index is 1.67. The predicted molar refractivity (Wildman–Crippen MR) is 108 cm³/mol. The lowest BCUT2D eigenvalue weighted by Gasteiger charge is -2.28. The van der Waals surface area contributed by atoms with Crippen LogP contribution in [0.5, 0.6) is 5.75 Å². The number of aromatic nitrogens is 3. The zero-order valence-electron chi connectivity index (χ0n) is 15.3. The van der Waals surface area contributed by atoms with Crippen LogP contribution >= 0.6 is 11.8 Å². The van der Waals surface area contributed by atoms with Gasteiger partial charge < -0.3 is 15.0 Å². The van der Waals surface area contributed by atoms with E-state index in [0.717, 1.165) is 41.6 Å². The number of amides is 1. The molecule has 0 saturated carbocycles. The molecule has 0 bridgehead atoms. The van der Waals surface area contributed by atoms with E-state index in [9.17, 15) is 4.79 Å². The summed E-state index contributed by atoms with van der Waals surface area (Å²) in [5.74, 6) is 3.38. The van der Waals surface area contributed by atoms with Crippen molar-refractivity contribution in [2.45, 2.75) is 6.92 Å². The standard InChI is InChI=1S/C19H21N5O2S/c1-13-12-24-16(18(20-13)23-7-9-27-10-8-23)11-15(22-24)19(25)21-14-5-3-4-6-17(14)26-2/h3-6,11-12H,7-10H2,1-2H3,(H,21,25). The second kappa shape index (κ2) is 7.48. The second-order valence-corrected chi connectivity index (χ2v) is 7.54. The molecule has 1 fully saturated rings. The van der Waals surface area contributed by atoms with Crippen LogP contribution in [0, 0.1) is 6.92 Å². The zero-order valence-corrected chi connectivity index (χ0v) is 16.1. The number of aryl methyl sites for hydroxylation is 1. The topological polar surface area (TPSA) is 71.8 Å². The van der Waals surface area contributed by atoms with Gasteiger partial charge in [-0.3, -0.25) is 4.79 Å². The van der Waals surface area contributed by atoms with Crippen LogP contribution in [0.15, 0.2) is 36.5 Å². The number of methoxy groups -OCH3 is 1. The van der Waals surface area contributed by atoms with Gasteiger partial charge in [0, 0.05) is 30.7 Å². The molecule has 27 heavy (non-hydrogen) atoms. The molecule has 0 radical (unpaired) electrons. The minimum atomic E-state index is -0.277. The van der Waals surface area contributed by atoms with Crippen molar-refractivity contribution in [2.75, 3.05) is 41.9 Å². The fourth-order valence-electron chi connectivity index (χ4n) is 3.14. The van der Waals surface area contributed by atoms with Crippen LogP contribution in [0.3, 0.4) is 0 Å². The first-order valence-electron chi connectivity index (χ1n) is 8.80. The van der Waals surface area contributed by atoms with Gasteiger partial charge in [0.05, 0.1) is 24.7 Å². The number of rotatable bonds is 4. The summed E-state index contributed by atoms with van der Waals surface area (Å²) in [6, 6.07) is 9.11. The SMILES string of the molecule is COc1ccccc1NC(=O)c1cc2c(N3CCSCC3)nc(C)cn2n1. The van der Waals surface area contributed by atoms with E-state index in [0.29, 0.717) is 17.1 Å². The maximum Gasteiger partial charge on any atom is 0.276 e. The van der Waals surface area contributed by atoms with Gasteiger partial charge in [-0.1, -0.05) is 12.1 Å². The van der Waals surface area contributed by atoms with Gasteiger partial charge in [-0.2, -0.15) is 16.9 Å². The largest absolute Gasteiger partial charge is 0.495 e. The zero-order chi connectivity index (χ0) is 18.8. The van der Waals surface area contributed by atoms with Crippen molar-refractivity contribution >= 4 is 34.7 Å². The van der Waals surface area contributed by atoms with Crippen LogP contribution in [-0.4, -0.2) is 52.2 Å². The Kier molecular flexibility index (Phi) is 4.89. The number of ether oxygens (including phenoxy) is 1. The Morgan fingerprint density at radius 3 is 2.81 bits per heavy atom. The third kappa shape index (κ3) is 3.57. The van der Waals surface area contributed by atoms with E-state index < -0.39 is 0 Å². The summed E-state index contributed by atoms with van der Waals surface area (Å²) in [7, 11) is 1.58. The quantitative estimate of drug-likeness (QED) is 0.747. The number of hydrogen-bond donors (Lipinski definition) is 1. The first-order chi connectivity index (χ1) is 13.2. The predicted octanol–water partition coefficient (Wildman–Crippen LogP) is 2.85. The molecule has 1 N–H and O–H groups in total. The number of fused-ring (bicyclic) bond motifs is 1. The summed E-state index contributed by atoms with van der Waals surface area (Å²) in [5.41, 5.74) is 2.68. The lowest BCUT2D eigenvalue weighted by molar-refractivity contribution is 0.102. The van der Waals surface area contributed by atoms with E-state index in [1.165, 1.54) is 0 Å². The Hall–Kier alpha value is -2.74. The molecule has 1 aliphatic heterocycles. The minimum Gasteiger partial charge on any atom is -0.495 e. The molecule has 2 aromatic heterocycles. The molecule has 4 rings (SSSR count). The Morgan fingerprint density at radius 2 is 2.04 bits per heavy atom. The van der Waals surface area contributed by atoms with Crippen LogP contribution in [0.4, 0.5) is 11.5 Å². The van der Waals surface area contributed by atoms with Crippen molar-refractivity contribution in [1.82, 2.24) is 14.6 Å². The normalized spacial score (nSPS) is 14.4. The highest BCUT2D eigenvalue weighted by Gasteiger charge is 2.20. The molecule has 140 valence electrons. The average molecular weight is 383 g/mol. The average Bonchev–Trinajstić information content (AvgIpc) is 3.12. The van der Waals surface area contributed by atoms with Crippen molar-refractivity contribution in [3.8, 4) is 5.75 Å². The lowest BCUT2D eigenvalue weighted by Crippen LogP contribution is -2.33. The van der Waals surface area contributed by atoms with Gasteiger partial charge in [-0.05, 0) is 19.1 Å². The minimum absolute atomic E-state index is 0.277. The summed E-state index contributed by atoms with van der Waals surface area (Å²) >= 11 is 1.95. The molecule has 8 heteroatoms. The van der Waals surface area contributed by atoms with Gasteiger partial charge in [-0.25, -0.2) is 9.50 Å². The third-order valence-corrected chi connectivity index (χ3v) is 5.40. The number of nitrogens with one attached hydrogen (secondary N) is 1. The summed E-state index contributed by atoms with van der Waals surface area (Å²) in [4.78, 5) is 19.7. The smallest absolute Gasteiger partial charge is 0.276 e. The van der Waals surface area contributed by atoms with Crippen molar-refractivity contribution in [2.24, 2.45) is 0 Å². The highest BCUT2D eigenvalue weighted by atomic mass is 32.2. The molecule has 7 nitrogen and oxygen atoms in total. The van der Waals surface area contributed by atoms with Crippen molar-refractivity contribution in [1.29, 1.82) is 0 Å². The first-order valence-corrected chi connectivity index (χ1v) is 9.95. The number of carbonyl (C=O) groups is 1. The van der Waals surface area contributed by atoms with E-state index in [4.69, 9.17) is 9.72 Å². The van der Waals surface area contributed by atoms with Crippen molar-refractivity contribution < 1.29 is 9.53 Å². The highest BCUT2D eigenvalue weighted by molar-refractivity contribution is 7.99. The number of thioether (sulfide) groups is 1. The van der Waals surface area contributed by atoms with E-state index >= 15 is 0 Å². The molecule has 0 spiro atoms. The Bertz CT molecular complexity index is 981.